The normalized spacial score (nSPS) is 30.1. The molecule has 0 saturated heterocycles. The molecule has 1 aliphatic rings. The predicted octanol–water partition coefficient (Wildman–Crippen LogP) is 3.67. The highest BCUT2D eigenvalue weighted by atomic mass is 16.5. The molecule has 3 atom stereocenters. The van der Waals surface area contributed by atoms with E-state index in [4.69, 9.17) is 10.5 Å². The van der Waals surface area contributed by atoms with Crippen molar-refractivity contribution in [1.82, 2.24) is 0 Å². The standard InChI is InChI=1S/C16H25NO/c1-13-7-6-10-16(11-13,12-17)18-14(2)15-8-4-3-5-9-15/h3-5,8-9,13-14H,6-7,10-12,17H2,1-2H3. The highest BCUT2D eigenvalue weighted by Gasteiger charge is 2.36. The molecule has 1 saturated carbocycles. The van der Waals surface area contributed by atoms with Crippen LogP contribution in [0, 0.1) is 5.92 Å². The molecule has 2 N–H and O–H groups in total. The van der Waals surface area contributed by atoms with Crippen LogP contribution >= 0.6 is 0 Å². The van der Waals surface area contributed by atoms with Crippen LogP contribution in [0.3, 0.4) is 0 Å². The van der Waals surface area contributed by atoms with E-state index in [-0.39, 0.29) is 11.7 Å². The van der Waals surface area contributed by atoms with Crippen LogP contribution < -0.4 is 5.73 Å². The molecule has 0 aliphatic heterocycles. The lowest BCUT2D eigenvalue weighted by atomic mass is 9.78. The molecule has 0 amide bonds. The minimum absolute atomic E-state index is 0.104. The van der Waals surface area contributed by atoms with Gasteiger partial charge in [0.05, 0.1) is 11.7 Å². The summed E-state index contributed by atoms with van der Waals surface area (Å²) in [5, 5.41) is 0. The van der Waals surface area contributed by atoms with Gasteiger partial charge < -0.3 is 10.5 Å². The zero-order valence-electron chi connectivity index (χ0n) is 11.6. The third kappa shape index (κ3) is 3.12. The second kappa shape index (κ2) is 5.85. The maximum absolute atomic E-state index is 6.36. The van der Waals surface area contributed by atoms with E-state index in [9.17, 15) is 0 Å². The van der Waals surface area contributed by atoms with E-state index < -0.39 is 0 Å². The third-order valence-electron chi connectivity index (χ3n) is 4.12. The van der Waals surface area contributed by atoms with Crippen molar-refractivity contribution in [2.45, 2.75) is 51.2 Å². The Morgan fingerprint density at radius 2 is 2.11 bits per heavy atom. The van der Waals surface area contributed by atoms with E-state index in [0.29, 0.717) is 6.54 Å². The number of ether oxygens (including phenoxy) is 1. The summed E-state index contributed by atoms with van der Waals surface area (Å²) in [4.78, 5) is 0. The fourth-order valence-electron chi connectivity index (χ4n) is 3.12. The van der Waals surface area contributed by atoms with Crippen LogP contribution in [-0.4, -0.2) is 12.1 Å². The van der Waals surface area contributed by atoms with E-state index in [2.05, 4.69) is 38.1 Å². The van der Waals surface area contributed by atoms with Crippen molar-refractivity contribution in [3.63, 3.8) is 0 Å². The Balaban J connectivity index is 2.06. The van der Waals surface area contributed by atoms with E-state index in [1.165, 1.54) is 18.4 Å². The van der Waals surface area contributed by atoms with Crippen molar-refractivity contribution in [2.24, 2.45) is 11.7 Å². The van der Waals surface area contributed by atoms with Gasteiger partial charge in [0.1, 0.15) is 0 Å². The van der Waals surface area contributed by atoms with Crippen molar-refractivity contribution in [3.8, 4) is 0 Å². The van der Waals surface area contributed by atoms with E-state index in [1.807, 2.05) is 6.07 Å². The average molecular weight is 247 g/mol. The number of hydrogen-bond donors (Lipinski definition) is 1. The summed E-state index contributed by atoms with van der Waals surface area (Å²) in [7, 11) is 0. The fourth-order valence-corrected chi connectivity index (χ4v) is 3.12. The maximum Gasteiger partial charge on any atom is 0.0814 e. The van der Waals surface area contributed by atoms with Crippen molar-refractivity contribution < 1.29 is 4.74 Å². The zero-order chi connectivity index (χ0) is 13.0. The Labute approximate surface area is 111 Å². The van der Waals surface area contributed by atoms with E-state index in [1.54, 1.807) is 0 Å². The van der Waals surface area contributed by atoms with Gasteiger partial charge in [-0.2, -0.15) is 0 Å². The number of benzene rings is 1. The van der Waals surface area contributed by atoms with Gasteiger partial charge in [-0.05, 0) is 31.2 Å². The molecule has 18 heavy (non-hydrogen) atoms. The van der Waals surface area contributed by atoms with Crippen molar-refractivity contribution in [2.75, 3.05) is 6.54 Å². The summed E-state index contributed by atoms with van der Waals surface area (Å²) in [6.07, 6.45) is 4.87. The fraction of sp³-hybridized carbons (Fsp3) is 0.625. The van der Waals surface area contributed by atoms with Crippen LogP contribution in [0.4, 0.5) is 0 Å². The van der Waals surface area contributed by atoms with Gasteiger partial charge in [-0.1, -0.05) is 50.1 Å². The number of rotatable bonds is 4. The van der Waals surface area contributed by atoms with Gasteiger partial charge in [0.2, 0.25) is 0 Å². The first-order valence-corrected chi connectivity index (χ1v) is 7.08. The topological polar surface area (TPSA) is 35.2 Å². The van der Waals surface area contributed by atoms with Crippen LogP contribution in [0.1, 0.15) is 51.2 Å². The molecule has 1 aliphatic carbocycles. The summed E-state index contributed by atoms with van der Waals surface area (Å²) in [5.74, 6) is 0.727. The van der Waals surface area contributed by atoms with Crippen LogP contribution in [0.2, 0.25) is 0 Å². The monoisotopic (exact) mass is 247 g/mol. The SMILES string of the molecule is CC1CCCC(CN)(OC(C)c2ccccc2)C1. The summed E-state index contributed by atoms with van der Waals surface area (Å²) >= 11 is 0. The molecule has 1 aromatic carbocycles. The second-order valence-corrected chi connectivity index (χ2v) is 5.76. The highest BCUT2D eigenvalue weighted by Crippen LogP contribution is 2.37. The molecule has 3 unspecified atom stereocenters. The van der Waals surface area contributed by atoms with Gasteiger partial charge in [0.15, 0.2) is 0 Å². The smallest absolute Gasteiger partial charge is 0.0814 e. The lowest BCUT2D eigenvalue weighted by Crippen LogP contribution is -2.45. The van der Waals surface area contributed by atoms with Crippen molar-refractivity contribution in [1.29, 1.82) is 0 Å². The van der Waals surface area contributed by atoms with Gasteiger partial charge in [-0.15, -0.1) is 0 Å². The summed E-state index contributed by atoms with van der Waals surface area (Å²) in [6.45, 7) is 5.07. The first kappa shape index (κ1) is 13.6. The van der Waals surface area contributed by atoms with Crippen LogP contribution in [0.25, 0.3) is 0 Å². The summed E-state index contributed by atoms with van der Waals surface area (Å²) < 4.78 is 6.36. The quantitative estimate of drug-likeness (QED) is 0.881. The minimum Gasteiger partial charge on any atom is -0.366 e. The largest absolute Gasteiger partial charge is 0.366 e. The van der Waals surface area contributed by atoms with Gasteiger partial charge in [0.25, 0.3) is 0 Å². The molecule has 0 aromatic heterocycles. The van der Waals surface area contributed by atoms with E-state index in [0.717, 1.165) is 18.8 Å². The predicted molar refractivity (Wildman–Crippen MR) is 75.4 cm³/mol. The molecule has 1 fully saturated rings. The van der Waals surface area contributed by atoms with Gasteiger partial charge in [-0.25, -0.2) is 0 Å². The first-order valence-electron chi connectivity index (χ1n) is 7.08. The number of hydrogen-bond acceptors (Lipinski definition) is 2. The molecule has 100 valence electrons. The maximum atomic E-state index is 6.36. The Hall–Kier alpha value is -0.860. The molecule has 2 heteroatoms. The minimum atomic E-state index is -0.104. The van der Waals surface area contributed by atoms with E-state index >= 15 is 0 Å². The molecule has 1 aromatic rings. The summed E-state index contributed by atoms with van der Waals surface area (Å²) in [5.41, 5.74) is 7.14. The van der Waals surface area contributed by atoms with Gasteiger partial charge in [0, 0.05) is 6.54 Å². The first-order chi connectivity index (χ1) is 8.65. The zero-order valence-corrected chi connectivity index (χ0v) is 11.6. The van der Waals surface area contributed by atoms with Crippen molar-refractivity contribution in [3.05, 3.63) is 35.9 Å². The van der Waals surface area contributed by atoms with Crippen LogP contribution in [0.15, 0.2) is 30.3 Å². The molecular weight excluding hydrogens is 222 g/mol. The second-order valence-electron chi connectivity index (χ2n) is 5.76. The molecule has 2 rings (SSSR count). The Morgan fingerprint density at radius 3 is 2.72 bits per heavy atom. The molecular formula is C16H25NO. The van der Waals surface area contributed by atoms with Gasteiger partial charge in [-0.3, -0.25) is 0 Å². The molecule has 0 radical (unpaired) electrons. The third-order valence-corrected chi connectivity index (χ3v) is 4.12. The summed E-state index contributed by atoms with van der Waals surface area (Å²) in [6, 6.07) is 10.4. The molecule has 2 nitrogen and oxygen atoms in total. The highest BCUT2D eigenvalue weighted by molar-refractivity contribution is 5.17. The lowest BCUT2D eigenvalue weighted by molar-refractivity contribution is -0.112. The Kier molecular flexibility index (Phi) is 4.41. The van der Waals surface area contributed by atoms with Crippen LogP contribution in [-0.2, 0) is 4.74 Å². The lowest BCUT2D eigenvalue weighted by Gasteiger charge is -2.41. The number of nitrogens with two attached hydrogens (primary N) is 1. The average Bonchev–Trinajstić information content (AvgIpc) is 2.39. The molecule has 0 spiro atoms. The Morgan fingerprint density at radius 1 is 1.39 bits per heavy atom. The van der Waals surface area contributed by atoms with Crippen molar-refractivity contribution >= 4 is 0 Å². The molecule has 0 heterocycles. The van der Waals surface area contributed by atoms with Gasteiger partial charge >= 0.3 is 0 Å². The Bertz CT molecular complexity index is 365. The van der Waals surface area contributed by atoms with Crippen LogP contribution in [0.5, 0.6) is 0 Å². The molecule has 0 bridgehead atoms.